The first-order chi connectivity index (χ1) is 3.98. The van der Waals surface area contributed by atoms with E-state index < -0.39 is 11.0 Å². The predicted molar refractivity (Wildman–Crippen MR) is 30.6 cm³/mol. The van der Waals surface area contributed by atoms with Gasteiger partial charge in [0.25, 0.3) is 0 Å². The average molecular weight is 207 g/mol. The third-order valence-corrected chi connectivity index (χ3v) is 1.45. The molecule has 0 aromatic heterocycles. The Kier molecular flexibility index (Phi) is 3.50. The summed E-state index contributed by atoms with van der Waals surface area (Å²) in [6, 6.07) is 0. The molecule has 0 aliphatic heterocycles. The van der Waals surface area contributed by atoms with Crippen molar-refractivity contribution < 1.29 is 17.9 Å². The van der Waals surface area contributed by atoms with Crippen LogP contribution in [0.5, 0.6) is 0 Å². The van der Waals surface area contributed by atoms with Gasteiger partial charge in [-0.2, -0.15) is 13.2 Å². The van der Waals surface area contributed by atoms with Crippen molar-refractivity contribution in [2.24, 2.45) is 0 Å². The zero-order valence-electron chi connectivity index (χ0n) is 4.70. The molecule has 0 aliphatic carbocycles. The zero-order chi connectivity index (χ0) is 7.49. The molecule has 9 heavy (non-hydrogen) atoms. The Morgan fingerprint density at radius 3 is 2.11 bits per heavy atom. The molecule has 1 unspecified atom stereocenters. The van der Waals surface area contributed by atoms with E-state index in [9.17, 15) is 13.2 Å². The van der Waals surface area contributed by atoms with Gasteiger partial charge in [0, 0.05) is 7.11 Å². The Bertz CT molecular complexity index is 82.4. The van der Waals surface area contributed by atoms with Crippen LogP contribution in [0.15, 0.2) is 0 Å². The third-order valence-electron chi connectivity index (χ3n) is 0.668. The molecule has 0 rings (SSSR count). The van der Waals surface area contributed by atoms with E-state index >= 15 is 0 Å². The van der Waals surface area contributed by atoms with E-state index in [4.69, 9.17) is 0 Å². The van der Waals surface area contributed by atoms with Crippen LogP contribution in [0.2, 0.25) is 0 Å². The van der Waals surface area contributed by atoms with Crippen molar-refractivity contribution in [2.45, 2.75) is 11.0 Å². The monoisotopic (exact) mass is 206 g/mol. The lowest BCUT2D eigenvalue weighted by molar-refractivity contribution is -0.135. The quantitative estimate of drug-likeness (QED) is 0.629. The second kappa shape index (κ2) is 3.41. The van der Waals surface area contributed by atoms with Gasteiger partial charge in [-0.1, -0.05) is 15.9 Å². The van der Waals surface area contributed by atoms with Crippen LogP contribution in [0.1, 0.15) is 0 Å². The number of hydrogen-bond donors (Lipinski definition) is 0. The molecule has 5 heteroatoms. The van der Waals surface area contributed by atoms with Crippen molar-refractivity contribution in [3.63, 3.8) is 0 Å². The molecule has 0 amide bonds. The lowest BCUT2D eigenvalue weighted by Gasteiger charge is -2.11. The molecule has 0 saturated heterocycles. The lowest BCUT2D eigenvalue weighted by Crippen LogP contribution is -2.26. The largest absolute Gasteiger partial charge is 0.403 e. The third kappa shape index (κ3) is 3.75. The molecule has 0 N–H and O–H groups in total. The Morgan fingerprint density at radius 2 is 2.00 bits per heavy atom. The van der Waals surface area contributed by atoms with Gasteiger partial charge in [-0.05, 0) is 0 Å². The zero-order valence-corrected chi connectivity index (χ0v) is 6.29. The Hall–Kier alpha value is 0.230. The predicted octanol–water partition coefficient (Wildman–Crippen LogP) is 1.96. The summed E-state index contributed by atoms with van der Waals surface area (Å²) in [5.74, 6) is 0. The van der Waals surface area contributed by atoms with Crippen molar-refractivity contribution in [1.82, 2.24) is 0 Å². The number of ether oxygens (including phenoxy) is 1. The van der Waals surface area contributed by atoms with Crippen molar-refractivity contribution in [3.8, 4) is 0 Å². The van der Waals surface area contributed by atoms with Gasteiger partial charge in [0.1, 0.15) is 4.83 Å². The highest BCUT2D eigenvalue weighted by Crippen LogP contribution is 2.25. The van der Waals surface area contributed by atoms with Crippen LogP contribution in [-0.4, -0.2) is 24.7 Å². The minimum atomic E-state index is -4.20. The summed E-state index contributed by atoms with van der Waals surface area (Å²) in [4.78, 5) is -1.55. The molecule has 0 heterocycles. The molecule has 0 radical (unpaired) electrons. The van der Waals surface area contributed by atoms with Crippen LogP contribution in [0, 0.1) is 0 Å². The summed E-state index contributed by atoms with van der Waals surface area (Å²) in [7, 11) is 1.22. The number of hydrogen-bond acceptors (Lipinski definition) is 1. The molecular formula is C4H6BrF3O. The minimum Gasteiger partial charge on any atom is -0.383 e. The molecule has 0 aromatic carbocycles. The SMILES string of the molecule is COCC(Br)C(F)(F)F. The van der Waals surface area contributed by atoms with Gasteiger partial charge in [0.15, 0.2) is 0 Å². The summed E-state index contributed by atoms with van der Waals surface area (Å²) in [6.07, 6.45) is -4.20. The van der Waals surface area contributed by atoms with Gasteiger partial charge in [-0.25, -0.2) is 0 Å². The fraction of sp³-hybridized carbons (Fsp3) is 1.00. The van der Waals surface area contributed by atoms with Crippen LogP contribution >= 0.6 is 15.9 Å². The Labute approximate surface area is 59.3 Å². The van der Waals surface area contributed by atoms with Crippen molar-refractivity contribution in [1.29, 1.82) is 0 Å². The maximum atomic E-state index is 11.5. The van der Waals surface area contributed by atoms with Crippen LogP contribution in [-0.2, 0) is 4.74 Å². The van der Waals surface area contributed by atoms with Crippen LogP contribution in [0.4, 0.5) is 13.2 Å². The van der Waals surface area contributed by atoms with Crippen molar-refractivity contribution >= 4 is 15.9 Å². The summed E-state index contributed by atoms with van der Waals surface area (Å²) < 4.78 is 38.8. The second-order valence-corrected chi connectivity index (χ2v) is 2.57. The molecule has 1 atom stereocenters. The van der Waals surface area contributed by atoms with Gasteiger partial charge >= 0.3 is 6.18 Å². The number of halogens is 4. The van der Waals surface area contributed by atoms with Gasteiger partial charge in [0.05, 0.1) is 6.61 Å². The first-order valence-electron chi connectivity index (χ1n) is 2.18. The highest BCUT2D eigenvalue weighted by molar-refractivity contribution is 9.09. The molecule has 1 nitrogen and oxygen atoms in total. The Morgan fingerprint density at radius 1 is 1.56 bits per heavy atom. The highest BCUT2D eigenvalue weighted by atomic mass is 79.9. The van der Waals surface area contributed by atoms with E-state index in [-0.39, 0.29) is 6.61 Å². The van der Waals surface area contributed by atoms with Crippen molar-refractivity contribution in [2.75, 3.05) is 13.7 Å². The van der Waals surface area contributed by atoms with Crippen molar-refractivity contribution in [3.05, 3.63) is 0 Å². The van der Waals surface area contributed by atoms with Gasteiger partial charge in [-0.3, -0.25) is 0 Å². The maximum Gasteiger partial charge on any atom is 0.403 e. The van der Waals surface area contributed by atoms with E-state index in [1.165, 1.54) is 7.11 Å². The van der Waals surface area contributed by atoms with Gasteiger partial charge < -0.3 is 4.74 Å². The molecule has 0 spiro atoms. The molecule has 0 bridgehead atoms. The fourth-order valence-corrected chi connectivity index (χ4v) is 0.505. The first kappa shape index (κ1) is 9.23. The van der Waals surface area contributed by atoms with Crippen LogP contribution in [0.3, 0.4) is 0 Å². The Balaban J connectivity index is 3.59. The maximum absolute atomic E-state index is 11.5. The average Bonchev–Trinajstić information content (AvgIpc) is 1.64. The summed E-state index contributed by atoms with van der Waals surface area (Å²) >= 11 is 2.41. The molecule has 0 aromatic rings. The number of methoxy groups -OCH3 is 1. The molecule has 0 saturated carbocycles. The van der Waals surface area contributed by atoms with E-state index in [0.29, 0.717) is 0 Å². The first-order valence-corrected chi connectivity index (χ1v) is 3.09. The smallest absolute Gasteiger partial charge is 0.383 e. The summed E-state index contributed by atoms with van der Waals surface area (Å²) in [6.45, 7) is -0.344. The van der Waals surface area contributed by atoms with E-state index in [1.807, 2.05) is 0 Å². The molecular weight excluding hydrogens is 201 g/mol. The topological polar surface area (TPSA) is 9.23 Å². The standard InChI is InChI=1S/C4H6BrF3O/c1-9-2-3(5)4(6,7)8/h3H,2H2,1H3. The number of rotatable bonds is 2. The van der Waals surface area contributed by atoms with Crippen LogP contribution < -0.4 is 0 Å². The lowest BCUT2D eigenvalue weighted by atomic mass is 10.4. The highest BCUT2D eigenvalue weighted by Gasteiger charge is 2.37. The number of alkyl halides is 4. The van der Waals surface area contributed by atoms with E-state index in [2.05, 4.69) is 20.7 Å². The van der Waals surface area contributed by atoms with E-state index in [0.717, 1.165) is 0 Å². The summed E-state index contributed by atoms with van der Waals surface area (Å²) in [5.41, 5.74) is 0. The molecule has 56 valence electrons. The molecule has 0 aliphatic rings. The minimum absolute atomic E-state index is 0.344. The summed E-state index contributed by atoms with van der Waals surface area (Å²) in [5, 5.41) is 0. The second-order valence-electron chi connectivity index (χ2n) is 1.46. The van der Waals surface area contributed by atoms with Crippen LogP contribution in [0.25, 0.3) is 0 Å². The normalized spacial score (nSPS) is 15.7. The van der Waals surface area contributed by atoms with Gasteiger partial charge in [-0.15, -0.1) is 0 Å². The molecule has 0 fully saturated rings. The fourth-order valence-electron chi connectivity index (χ4n) is 0.241. The van der Waals surface area contributed by atoms with E-state index in [1.54, 1.807) is 0 Å². The van der Waals surface area contributed by atoms with Gasteiger partial charge in [0.2, 0.25) is 0 Å².